The zero-order valence-corrected chi connectivity index (χ0v) is 26.0. The van der Waals surface area contributed by atoms with Gasteiger partial charge in [0.25, 0.3) is 0 Å². The third-order valence-electron chi connectivity index (χ3n) is 6.33. The summed E-state index contributed by atoms with van der Waals surface area (Å²) in [5.74, 6) is 0.373. The van der Waals surface area contributed by atoms with E-state index in [4.69, 9.17) is 10.2 Å². The topological polar surface area (TPSA) is 81.0 Å². The van der Waals surface area contributed by atoms with Gasteiger partial charge in [0.1, 0.15) is 11.6 Å². The summed E-state index contributed by atoms with van der Waals surface area (Å²) in [6.07, 6.45) is 16.1. The minimum Gasteiger partial charge on any atom is -0.508 e. The quantitative estimate of drug-likeness (QED) is 0.117. The average molecular weight is 596 g/mol. The van der Waals surface area contributed by atoms with E-state index in [9.17, 15) is 13.7 Å². The van der Waals surface area contributed by atoms with Crippen molar-refractivity contribution in [2.75, 3.05) is 23.8 Å². The molecular formula is C35H46FNO4S. The second kappa shape index (κ2) is 22.0. The highest BCUT2D eigenvalue weighted by Crippen LogP contribution is 2.30. The maximum atomic E-state index is 12.9. The van der Waals surface area contributed by atoms with Gasteiger partial charge in [0.15, 0.2) is 0 Å². The lowest BCUT2D eigenvalue weighted by Gasteiger charge is -2.47. The van der Waals surface area contributed by atoms with E-state index in [1.807, 2.05) is 32.0 Å². The van der Waals surface area contributed by atoms with E-state index < -0.39 is 16.9 Å². The van der Waals surface area contributed by atoms with Crippen LogP contribution in [0.4, 0.5) is 10.1 Å². The van der Waals surface area contributed by atoms with Gasteiger partial charge >= 0.3 is 0 Å². The van der Waals surface area contributed by atoms with Crippen LogP contribution in [0, 0.1) is 18.7 Å². The monoisotopic (exact) mass is 595 g/mol. The molecule has 1 aliphatic heterocycles. The summed E-state index contributed by atoms with van der Waals surface area (Å²) in [5, 5.41) is 27.4. The Hall–Kier alpha value is -3.70. The number of halogens is 1. The Morgan fingerprint density at radius 2 is 1.76 bits per heavy atom. The van der Waals surface area contributed by atoms with Crippen LogP contribution < -0.4 is 4.90 Å². The van der Waals surface area contributed by atoms with Crippen molar-refractivity contribution in [3.05, 3.63) is 126 Å². The maximum Gasteiger partial charge on any atom is 0.123 e. The molecular weight excluding hydrogens is 549 g/mol. The largest absolute Gasteiger partial charge is 0.508 e. The summed E-state index contributed by atoms with van der Waals surface area (Å²) in [4.78, 5) is 2.25. The Kier molecular flexibility index (Phi) is 20.0. The van der Waals surface area contributed by atoms with Gasteiger partial charge in [-0.05, 0) is 81.7 Å². The highest BCUT2D eigenvalue weighted by molar-refractivity contribution is 7.85. The summed E-state index contributed by atoms with van der Waals surface area (Å²) >= 11 is 0. The Labute approximate surface area is 254 Å². The van der Waals surface area contributed by atoms with Crippen LogP contribution in [0.15, 0.2) is 115 Å². The molecule has 1 heterocycles. The third-order valence-corrected chi connectivity index (χ3v) is 8.19. The van der Waals surface area contributed by atoms with Crippen LogP contribution in [0.2, 0.25) is 0 Å². The molecule has 1 aliphatic rings. The standard InChI is InChI=1S/C19H22FNO2S.C10H14O.C4H8O.C2H2/c1-14-19(13-21(14)17-5-3-2-4-6-17)24(23)12-11-18(22)15-7-9-16(20)10-8-15;1-5-9(8(3)4)7-10(11)6-2;1-2-3-4-5;1-2/h2-10,14,18-19,22H,11-13H2,1H3;5-7,11H,1,3H2,2,4H3;2-3,5H,4H2,1H3;1-2H/b;9-7+,10-6+;3-2-;. The summed E-state index contributed by atoms with van der Waals surface area (Å²) < 4.78 is 25.4. The summed E-state index contributed by atoms with van der Waals surface area (Å²) in [6.45, 7) is 15.9. The molecule has 3 N–H and O–H groups in total. The molecule has 228 valence electrons. The molecule has 1 saturated heterocycles. The number of aliphatic hydroxyl groups excluding tert-OH is 3. The first-order valence-electron chi connectivity index (χ1n) is 13.6. The lowest BCUT2D eigenvalue weighted by Crippen LogP contribution is -2.60. The molecule has 42 heavy (non-hydrogen) atoms. The van der Waals surface area contributed by atoms with Gasteiger partial charge < -0.3 is 20.2 Å². The van der Waals surface area contributed by atoms with Crippen molar-refractivity contribution in [1.82, 2.24) is 0 Å². The van der Waals surface area contributed by atoms with Crippen molar-refractivity contribution >= 4 is 16.5 Å². The molecule has 0 bridgehead atoms. The van der Waals surface area contributed by atoms with Crippen LogP contribution >= 0.6 is 0 Å². The van der Waals surface area contributed by atoms with Crippen molar-refractivity contribution in [3.63, 3.8) is 0 Å². The van der Waals surface area contributed by atoms with Gasteiger partial charge in [0, 0.05) is 34.8 Å². The van der Waals surface area contributed by atoms with Gasteiger partial charge in [0.05, 0.1) is 18.0 Å². The van der Waals surface area contributed by atoms with Crippen molar-refractivity contribution < 1.29 is 23.9 Å². The number of allylic oxidation sites excluding steroid dienone is 6. The normalized spacial score (nSPS) is 17.6. The molecule has 0 radical (unpaired) electrons. The summed E-state index contributed by atoms with van der Waals surface area (Å²) in [6, 6.07) is 16.2. The van der Waals surface area contributed by atoms with E-state index in [2.05, 4.69) is 50.0 Å². The first-order valence-corrected chi connectivity index (χ1v) is 15.0. The molecule has 0 saturated carbocycles. The molecule has 5 nitrogen and oxygen atoms in total. The minimum absolute atomic E-state index is 0.130. The van der Waals surface area contributed by atoms with Crippen LogP contribution in [-0.2, 0) is 10.8 Å². The molecule has 0 amide bonds. The van der Waals surface area contributed by atoms with E-state index in [0.717, 1.165) is 23.4 Å². The minimum atomic E-state index is -0.977. The van der Waals surface area contributed by atoms with E-state index in [-0.39, 0.29) is 29.5 Å². The second-order valence-electron chi connectivity index (χ2n) is 9.26. The smallest absolute Gasteiger partial charge is 0.123 e. The van der Waals surface area contributed by atoms with Crippen molar-refractivity contribution in [1.29, 1.82) is 0 Å². The fourth-order valence-corrected chi connectivity index (χ4v) is 5.44. The number of benzene rings is 2. The lowest BCUT2D eigenvalue weighted by molar-refractivity contribution is 0.174. The predicted octanol–water partition coefficient (Wildman–Crippen LogP) is 7.22. The average Bonchev–Trinajstić information content (AvgIpc) is 3.00. The molecule has 0 aliphatic carbocycles. The highest BCUT2D eigenvalue weighted by Gasteiger charge is 2.39. The first-order chi connectivity index (χ1) is 20.1. The van der Waals surface area contributed by atoms with Crippen LogP contribution in [-0.4, -0.2) is 49.7 Å². The molecule has 0 spiro atoms. The second-order valence-corrected chi connectivity index (χ2v) is 11.0. The van der Waals surface area contributed by atoms with Gasteiger partial charge in [0.2, 0.25) is 0 Å². The molecule has 4 atom stereocenters. The number of para-hydroxylation sites is 1. The van der Waals surface area contributed by atoms with Crippen molar-refractivity contribution in [2.45, 2.75) is 51.5 Å². The number of terminal acetylenes is 1. The van der Waals surface area contributed by atoms with Crippen LogP contribution in [0.5, 0.6) is 0 Å². The van der Waals surface area contributed by atoms with Gasteiger partial charge in [-0.25, -0.2) is 4.39 Å². The van der Waals surface area contributed by atoms with E-state index >= 15 is 0 Å². The summed E-state index contributed by atoms with van der Waals surface area (Å²) in [7, 11) is -0.977. The number of aliphatic hydroxyl groups is 3. The van der Waals surface area contributed by atoms with Crippen molar-refractivity contribution in [2.24, 2.45) is 0 Å². The lowest BCUT2D eigenvalue weighted by atomic mass is 10.0. The molecule has 2 aromatic carbocycles. The van der Waals surface area contributed by atoms with E-state index in [1.54, 1.807) is 49.4 Å². The fraction of sp³-hybridized carbons (Fsp3) is 0.314. The van der Waals surface area contributed by atoms with Gasteiger partial charge in [-0.3, -0.25) is 4.21 Å². The first kappa shape index (κ1) is 38.3. The van der Waals surface area contributed by atoms with Crippen LogP contribution in [0.3, 0.4) is 0 Å². The summed E-state index contributed by atoms with van der Waals surface area (Å²) in [5.41, 5.74) is 3.58. The fourth-order valence-electron chi connectivity index (χ4n) is 3.77. The zero-order valence-electron chi connectivity index (χ0n) is 25.2. The number of nitrogens with zero attached hydrogens (tertiary/aromatic N) is 1. The van der Waals surface area contributed by atoms with E-state index in [1.165, 1.54) is 12.1 Å². The predicted molar refractivity (Wildman–Crippen MR) is 177 cm³/mol. The number of anilines is 1. The molecule has 3 rings (SSSR count). The molecule has 7 heteroatoms. The Bertz CT molecular complexity index is 1200. The SMILES string of the molecule is C#C.C/C=C\CO.C=C/C(=C\C(O)=C/C)C(=C)C.CC1C(S(=O)CCC(O)c2ccc(F)cc2)CN1c1ccccc1. The zero-order chi connectivity index (χ0) is 32.1. The highest BCUT2D eigenvalue weighted by atomic mass is 32.2. The Balaban J connectivity index is 0.000000779. The molecule has 2 aromatic rings. The van der Waals surface area contributed by atoms with Crippen LogP contribution in [0.25, 0.3) is 0 Å². The van der Waals surface area contributed by atoms with Crippen LogP contribution in [0.1, 0.15) is 45.8 Å². The molecule has 1 fully saturated rings. The molecule has 4 unspecified atom stereocenters. The van der Waals surface area contributed by atoms with Gasteiger partial charge in [-0.2, -0.15) is 0 Å². The van der Waals surface area contributed by atoms with Gasteiger partial charge in [-0.15, -0.1) is 12.8 Å². The third kappa shape index (κ3) is 13.8. The van der Waals surface area contributed by atoms with Crippen molar-refractivity contribution in [3.8, 4) is 12.8 Å². The maximum absolute atomic E-state index is 12.9. The molecule has 0 aromatic heterocycles. The van der Waals surface area contributed by atoms with Gasteiger partial charge in [-0.1, -0.05) is 67.3 Å². The Morgan fingerprint density at radius 3 is 2.19 bits per heavy atom. The number of hydrogen-bond donors (Lipinski definition) is 3. The number of rotatable bonds is 10. The Morgan fingerprint density at radius 1 is 1.17 bits per heavy atom. The number of hydrogen-bond acceptors (Lipinski definition) is 5. The van der Waals surface area contributed by atoms with E-state index in [0.29, 0.717) is 17.7 Å².